The van der Waals surface area contributed by atoms with Crippen LogP contribution in [0.5, 0.6) is 0 Å². The molecule has 0 aromatic heterocycles. The number of halogens is 1. The van der Waals surface area contributed by atoms with Gasteiger partial charge in [-0.3, -0.25) is 19.4 Å². The Balaban J connectivity index is 1.42. The lowest BCUT2D eigenvalue weighted by Crippen LogP contribution is -2.51. The van der Waals surface area contributed by atoms with Gasteiger partial charge in [0.05, 0.1) is 17.9 Å². The minimum atomic E-state index is -0.432. The van der Waals surface area contributed by atoms with Crippen LogP contribution in [0.3, 0.4) is 0 Å². The van der Waals surface area contributed by atoms with Crippen molar-refractivity contribution in [2.75, 3.05) is 42.6 Å². The molecular weight excluding hydrogens is 338 g/mol. The molecule has 0 spiro atoms. The van der Waals surface area contributed by atoms with Gasteiger partial charge in [0.2, 0.25) is 0 Å². The molecular formula is C19H18ClN3O2. The first-order valence-corrected chi connectivity index (χ1v) is 8.69. The highest BCUT2D eigenvalue weighted by Gasteiger charge is 2.36. The van der Waals surface area contributed by atoms with E-state index >= 15 is 0 Å². The zero-order valence-corrected chi connectivity index (χ0v) is 14.4. The summed E-state index contributed by atoms with van der Waals surface area (Å²) in [6.07, 6.45) is 0. The highest BCUT2D eigenvalue weighted by Crippen LogP contribution is 2.29. The van der Waals surface area contributed by atoms with Gasteiger partial charge < -0.3 is 4.90 Å². The molecule has 128 valence electrons. The van der Waals surface area contributed by atoms with Crippen molar-refractivity contribution in [3.63, 3.8) is 0 Å². The predicted octanol–water partition coefficient (Wildman–Crippen LogP) is 2.65. The Hall–Kier alpha value is -2.37. The molecule has 1 amide bonds. The van der Waals surface area contributed by atoms with Gasteiger partial charge in [-0.2, -0.15) is 0 Å². The molecule has 6 heteroatoms. The summed E-state index contributed by atoms with van der Waals surface area (Å²) < 4.78 is 0. The first kappa shape index (κ1) is 16.1. The molecule has 1 saturated heterocycles. The fourth-order valence-corrected chi connectivity index (χ4v) is 3.59. The number of benzene rings is 2. The third-order valence-electron chi connectivity index (χ3n) is 4.77. The second-order valence-electron chi connectivity index (χ2n) is 6.31. The van der Waals surface area contributed by atoms with Crippen LogP contribution < -0.4 is 9.80 Å². The molecule has 1 fully saturated rings. The molecule has 2 heterocycles. The largest absolute Gasteiger partial charge is 0.369 e. The fourth-order valence-electron chi connectivity index (χ4n) is 3.41. The van der Waals surface area contributed by atoms with E-state index in [0.29, 0.717) is 12.2 Å². The number of anilines is 2. The molecule has 2 aromatic rings. The van der Waals surface area contributed by atoms with Crippen molar-refractivity contribution in [3.05, 3.63) is 59.1 Å². The second kappa shape index (κ2) is 6.50. The van der Waals surface area contributed by atoms with Gasteiger partial charge in [-0.05, 0) is 30.3 Å². The summed E-state index contributed by atoms with van der Waals surface area (Å²) in [5, 5.41) is 0.734. The molecule has 4 rings (SSSR count). The van der Waals surface area contributed by atoms with Crippen LogP contribution in [0.15, 0.2) is 48.5 Å². The van der Waals surface area contributed by atoms with Crippen molar-refractivity contribution < 1.29 is 9.59 Å². The minimum absolute atomic E-state index is 0.409. The number of ketones is 1. The van der Waals surface area contributed by atoms with Crippen LogP contribution in [-0.4, -0.2) is 49.4 Å². The average Bonchev–Trinajstić information content (AvgIpc) is 2.88. The Morgan fingerprint density at radius 1 is 0.920 bits per heavy atom. The molecule has 2 aliphatic heterocycles. The maximum atomic E-state index is 12.3. The monoisotopic (exact) mass is 355 g/mol. The van der Waals surface area contributed by atoms with Gasteiger partial charge in [-0.25, -0.2) is 0 Å². The van der Waals surface area contributed by atoms with E-state index in [4.69, 9.17) is 11.6 Å². The fraction of sp³-hybridized carbons (Fsp3) is 0.263. The van der Waals surface area contributed by atoms with Gasteiger partial charge >= 0.3 is 5.91 Å². The molecule has 0 radical (unpaired) electrons. The number of amides is 1. The van der Waals surface area contributed by atoms with Gasteiger partial charge in [-0.1, -0.05) is 29.8 Å². The summed E-state index contributed by atoms with van der Waals surface area (Å²) >= 11 is 6.07. The zero-order valence-electron chi connectivity index (χ0n) is 13.7. The normalized spacial score (nSPS) is 18.0. The van der Waals surface area contributed by atoms with Crippen molar-refractivity contribution in [1.82, 2.24) is 4.90 Å². The number of fused-ring (bicyclic) bond motifs is 1. The summed E-state index contributed by atoms with van der Waals surface area (Å²) in [5.41, 5.74) is 2.34. The van der Waals surface area contributed by atoms with Crippen LogP contribution in [0.4, 0.5) is 11.4 Å². The number of rotatable bonds is 3. The number of carbonyl (C=O) groups excluding carboxylic acids is 2. The molecule has 0 N–H and O–H groups in total. The van der Waals surface area contributed by atoms with E-state index in [0.717, 1.165) is 42.6 Å². The summed E-state index contributed by atoms with van der Waals surface area (Å²) in [6, 6.07) is 15.0. The van der Waals surface area contributed by atoms with Crippen molar-refractivity contribution in [3.8, 4) is 0 Å². The van der Waals surface area contributed by atoms with Crippen LogP contribution >= 0.6 is 11.6 Å². The molecule has 5 nitrogen and oxygen atoms in total. The smallest absolute Gasteiger partial charge is 0.300 e. The van der Waals surface area contributed by atoms with Gasteiger partial charge in [0.15, 0.2) is 0 Å². The van der Waals surface area contributed by atoms with Crippen LogP contribution in [-0.2, 0) is 4.79 Å². The van der Waals surface area contributed by atoms with Gasteiger partial charge in [0.1, 0.15) is 0 Å². The van der Waals surface area contributed by atoms with Crippen LogP contribution in [0, 0.1) is 0 Å². The van der Waals surface area contributed by atoms with E-state index in [-0.39, 0.29) is 0 Å². The van der Waals surface area contributed by atoms with Crippen molar-refractivity contribution in [2.24, 2.45) is 0 Å². The Labute approximate surface area is 151 Å². The standard InChI is InChI=1S/C19H18ClN3O2/c20-14-4-3-5-15(12-14)22-10-8-21(9-11-22)13-23-17-7-2-1-6-16(17)18(24)19(23)25/h1-7,12H,8-11,13H2. The first-order chi connectivity index (χ1) is 12.1. The third kappa shape index (κ3) is 3.01. The van der Waals surface area contributed by atoms with E-state index in [1.54, 1.807) is 17.0 Å². The number of Topliss-reactive ketones (excluding diaryl/α,β-unsaturated/α-hetero) is 1. The molecule has 2 aromatic carbocycles. The number of hydrogen-bond donors (Lipinski definition) is 0. The number of para-hydroxylation sites is 1. The second-order valence-corrected chi connectivity index (χ2v) is 6.74. The lowest BCUT2D eigenvalue weighted by atomic mass is 10.1. The van der Waals surface area contributed by atoms with Crippen LogP contribution in [0.25, 0.3) is 0 Å². The topological polar surface area (TPSA) is 43.9 Å². The SMILES string of the molecule is O=C1C(=O)N(CN2CCN(c3cccc(Cl)c3)CC2)c2ccccc21. The number of piperazine rings is 1. The lowest BCUT2D eigenvalue weighted by molar-refractivity contribution is -0.114. The zero-order chi connectivity index (χ0) is 17.4. The molecule has 2 aliphatic rings. The summed E-state index contributed by atoms with van der Waals surface area (Å²) in [5.74, 6) is -0.841. The Morgan fingerprint density at radius 2 is 1.68 bits per heavy atom. The van der Waals surface area contributed by atoms with E-state index in [1.165, 1.54) is 0 Å². The molecule has 0 unspecified atom stereocenters. The maximum Gasteiger partial charge on any atom is 0.300 e. The summed E-state index contributed by atoms with van der Waals surface area (Å²) in [4.78, 5) is 30.4. The van der Waals surface area contributed by atoms with E-state index in [1.807, 2.05) is 30.3 Å². The Morgan fingerprint density at radius 3 is 2.44 bits per heavy atom. The van der Waals surface area contributed by atoms with Gasteiger partial charge in [-0.15, -0.1) is 0 Å². The Bertz CT molecular complexity index is 831. The molecule has 0 saturated carbocycles. The minimum Gasteiger partial charge on any atom is -0.369 e. The number of carbonyl (C=O) groups is 2. The summed E-state index contributed by atoms with van der Waals surface area (Å²) in [7, 11) is 0. The molecule has 0 bridgehead atoms. The third-order valence-corrected chi connectivity index (χ3v) is 5.00. The average molecular weight is 356 g/mol. The summed E-state index contributed by atoms with van der Waals surface area (Å²) in [6.45, 7) is 3.82. The number of hydrogen-bond acceptors (Lipinski definition) is 4. The quantitative estimate of drug-likeness (QED) is 0.794. The van der Waals surface area contributed by atoms with E-state index < -0.39 is 11.7 Å². The van der Waals surface area contributed by atoms with Crippen molar-refractivity contribution >= 4 is 34.7 Å². The predicted molar refractivity (Wildman–Crippen MR) is 98.4 cm³/mol. The molecule has 0 atom stereocenters. The van der Waals surface area contributed by atoms with Crippen molar-refractivity contribution in [2.45, 2.75) is 0 Å². The first-order valence-electron chi connectivity index (χ1n) is 8.31. The molecule has 0 aliphatic carbocycles. The van der Waals surface area contributed by atoms with Crippen LogP contribution in [0.2, 0.25) is 5.02 Å². The number of nitrogens with zero attached hydrogens (tertiary/aromatic N) is 3. The van der Waals surface area contributed by atoms with Crippen LogP contribution in [0.1, 0.15) is 10.4 Å². The maximum absolute atomic E-state index is 12.3. The lowest BCUT2D eigenvalue weighted by Gasteiger charge is -2.37. The Kier molecular flexibility index (Phi) is 4.19. The highest BCUT2D eigenvalue weighted by molar-refractivity contribution is 6.52. The van der Waals surface area contributed by atoms with E-state index in [2.05, 4.69) is 15.9 Å². The van der Waals surface area contributed by atoms with Crippen molar-refractivity contribution in [1.29, 1.82) is 0 Å². The highest BCUT2D eigenvalue weighted by atomic mass is 35.5. The van der Waals surface area contributed by atoms with Gasteiger partial charge in [0.25, 0.3) is 5.78 Å². The van der Waals surface area contributed by atoms with Gasteiger partial charge in [0, 0.05) is 36.9 Å². The van der Waals surface area contributed by atoms with E-state index in [9.17, 15) is 9.59 Å². The molecule has 25 heavy (non-hydrogen) atoms.